The van der Waals surface area contributed by atoms with Gasteiger partial charge in [-0.15, -0.1) is 0 Å². The summed E-state index contributed by atoms with van der Waals surface area (Å²) in [4.78, 5) is 30.7. The Morgan fingerprint density at radius 3 is 2.82 bits per heavy atom. The number of anilines is 1. The lowest BCUT2D eigenvalue weighted by Gasteiger charge is -2.26. The third kappa shape index (κ3) is 4.46. The molecule has 6 heteroatoms. The number of aryl methyl sites for hydroxylation is 1. The molecule has 148 valence electrons. The quantitative estimate of drug-likeness (QED) is 0.711. The summed E-state index contributed by atoms with van der Waals surface area (Å²) in [6.45, 7) is 0.668. The summed E-state index contributed by atoms with van der Waals surface area (Å²) in [6.07, 6.45) is 6.95. The van der Waals surface area contributed by atoms with Gasteiger partial charge in [0.2, 0.25) is 5.91 Å². The van der Waals surface area contributed by atoms with Crippen molar-refractivity contribution in [3.8, 4) is 11.1 Å². The van der Waals surface area contributed by atoms with Crippen LogP contribution in [0.15, 0.2) is 36.7 Å². The van der Waals surface area contributed by atoms with E-state index in [4.69, 9.17) is 0 Å². The van der Waals surface area contributed by atoms with E-state index in [2.05, 4.69) is 22.0 Å². The minimum Gasteiger partial charge on any atom is -0.395 e. The molecule has 1 atom stereocenters. The number of hydrogen-bond acceptors (Lipinski definition) is 5. The van der Waals surface area contributed by atoms with Crippen molar-refractivity contribution in [1.82, 2.24) is 9.88 Å². The van der Waals surface area contributed by atoms with Crippen LogP contribution in [0, 0.1) is 0 Å². The van der Waals surface area contributed by atoms with Gasteiger partial charge in [0.15, 0.2) is 0 Å². The van der Waals surface area contributed by atoms with Crippen LogP contribution in [0.1, 0.15) is 30.4 Å². The molecule has 1 unspecified atom stereocenters. The minimum absolute atomic E-state index is 0.0223. The molecule has 6 nitrogen and oxygen atoms in total. The van der Waals surface area contributed by atoms with Gasteiger partial charge in [-0.25, -0.2) is 0 Å². The number of fused-ring (bicyclic) bond motifs is 1. The number of benzene rings is 1. The highest BCUT2D eigenvalue weighted by Crippen LogP contribution is 2.31. The molecule has 0 saturated carbocycles. The number of nitrogens with zero attached hydrogens (tertiary/aromatic N) is 3. The first-order valence-electron chi connectivity index (χ1n) is 9.62. The fourth-order valence-corrected chi connectivity index (χ4v) is 3.70. The first-order valence-corrected chi connectivity index (χ1v) is 9.62. The molecule has 1 aliphatic rings. The standard InChI is InChI=1S/C22H27N3O3/c1-24(20(15-27)4-3-9-26)14-16-10-19(13-23-12-16)17-5-7-21-18(11-17)6-8-22(28)25(21)2/h5,7,9-13,20,27H,3-4,6,8,14-15H2,1-2H3. The second-order valence-corrected chi connectivity index (χ2v) is 7.37. The first kappa shape index (κ1) is 20.2. The lowest BCUT2D eigenvalue weighted by atomic mass is 9.96. The number of likely N-dealkylation sites (N-methyl/N-ethyl adjacent to an activating group) is 1. The summed E-state index contributed by atoms with van der Waals surface area (Å²) < 4.78 is 0. The van der Waals surface area contributed by atoms with Crippen molar-refractivity contribution in [3.05, 3.63) is 47.8 Å². The van der Waals surface area contributed by atoms with Gasteiger partial charge in [-0.05, 0) is 54.8 Å². The van der Waals surface area contributed by atoms with Gasteiger partial charge in [0.1, 0.15) is 6.29 Å². The third-order valence-corrected chi connectivity index (χ3v) is 5.44. The molecule has 0 saturated heterocycles. The number of rotatable bonds is 8. The molecule has 28 heavy (non-hydrogen) atoms. The van der Waals surface area contributed by atoms with Crippen LogP contribution in [0.2, 0.25) is 0 Å². The summed E-state index contributed by atoms with van der Waals surface area (Å²) in [5, 5.41) is 9.59. The topological polar surface area (TPSA) is 73.7 Å². The lowest BCUT2D eigenvalue weighted by Crippen LogP contribution is -2.34. The summed E-state index contributed by atoms with van der Waals surface area (Å²) >= 11 is 0. The Morgan fingerprint density at radius 1 is 1.25 bits per heavy atom. The van der Waals surface area contributed by atoms with Crippen LogP contribution < -0.4 is 4.90 Å². The predicted octanol–water partition coefficient (Wildman–Crippen LogP) is 2.43. The van der Waals surface area contributed by atoms with Gasteiger partial charge in [0.05, 0.1) is 6.61 Å². The van der Waals surface area contributed by atoms with Crippen LogP contribution in [0.5, 0.6) is 0 Å². The molecule has 1 N–H and O–H groups in total. The van der Waals surface area contributed by atoms with Crippen molar-refractivity contribution in [1.29, 1.82) is 0 Å². The van der Waals surface area contributed by atoms with E-state index in [1.165, 1.54) is 5.56 Å². The van der Waals surface area contributed by atoms with Crippen LogP contribution in [-0.4, -0.2) is 53.9 Å². The van der Waals surface area contributed by atoms with Gasteiger partial charge in [-0.2, -0.15) is 0 Å². The van der Waals surface area contributed by atoms with Gasteiger partial charge in [-0.3, -0.25) is 14.7 Å². The van der Waals surface area contributed by atoms with Crippen molar-refractivity contribution < 1.29 is 14.7 Å². The smallest absolute Gasteiger partial charge is 0.227 e. The normalized spacial score (nSPS) is 14.9. The zero-order valence-electron chi connectivity index (χ0n) is 16.5. The molecule has 1 aromatic heterocycles. The molecular formula is C22H27N3O3. The Bertz CT molecular complexity index is 853. The minimum atomic E-state index is -0.0503. The highest BCUT2D eigenvalue weighted by molar-refractivity contribution is 5.96. The monoisotopic (exact) mass is 381 g/mol. The molecule has 0 bridgehead atoms. The van der Waals surface area contributed by atoms with E-state index in [9.17, 15) is 14.7 Å². The van der Waals surface area contributed by atoms with Crippen LogP contribution in [0.3, 0.4) is 0 Å². The number of aldehydes is 1. The van der Waals surface area contributed by atoms with Gasteiger partial charge >= 0.3 is 0 Å². The maximum Gasteiger partial charge on any atom is 0.227 e. The van der Waals surface area contributed by atoms with E-state index < -0.39 is 0 Å². The zero-order chi connectivity index (χ0) is 20.1. The molecule has 0 radical (unpaired) electrons. The summed E-state index contributed by atoms with van der Waals surface area (Å²) in [7, 11) is 3.77. The fraction of sp³-hybridized carbons (Fsp3) is 0.409. The van der Waals surface area contributed by atoms with E-state index in [-0.39, 0.29) is 18.6 Å². The van der Waals surface area contributed by atoms with Crippen molar-refractivity contribution >= 4 is 17.9 Å². The predicted molar refractivity (Wildman–Crippen MR) is 109 cm³/mol. The lowest BCUT2D eigenvalue weighted by molar-refractivity contribution is -0.118. The molecule has 2 heterocycles. The van der Waals surface area contributed by atoms with Crippen molar-refractivity contribution in [2.45, 2.75) is 38.3 Å². The average molecular weight is 381 g/mol. The number of hydrogen-bond donors (Lipinski definition) is 1. The molecule has 0 spiro atoms. The Hall–Kier alpha value is -2.57. The van der Waals surface area contributed by atoms with Gasteiger partial charge < -0.3 is 14.8 Å². The maximum absolute atomic E-state index is 11.9. The highest BCUT2D eigenvalue weighted by Gasteiger charge is 2.21. The highest BCUT2D eigenvalue weighted by atomic mass is 16.3. The average Bonchev–Trinajstić information content (AvgIpc) is 2.71. The second-order valence-electron chi connectivity index (χ2n) is 7.37. The number of amides is 1. The number of pyridine rings is 1. The molecule has 1 aliphatic heterocycles. The SMILES string of the molecule is CN1C(=O)CCc2cc(-c3cncc(CN(C)C(CO)CCC=O)c3)ccc21. The van der Waals surface area contributed by atoms with Crippen LogP contribution in [-0.2, 0) is 22.6 Å². The Balaban J connectivity index is 1.78. The van der Waals surface area contributed by atoms with Crippen molar-refractivity contribution in [3.63, 3.8) is 0 Å². The number of carbonyl (C=O) groups excluding carboxylic acids is 2. The van der Waals surface area contributed by atoms with Crippen LogP contribution in [0.25, 0.3) is 11.1 Å². The third-order valence-electron chi connectivity index (χ3n) is 5.44. The Labute approximate surface area is 165 Å². The largest absolute Gasteiger partial charge is 0.395 e. The number of aliphatic hydroxyl groups excluding tert-OH is 1. The van der Waals surface area contributed by atoms with E-state index in [1.807, 2.05) is 38.6 Å². The van der Waals surface area contributed by atoms with Crippen molar-refractivity contribution in [2.75, 3.05) is 25.6 Å². The molecule has 3 rings (SSSR count). The van der Waals surface area contributed by atoms with Gasteiger partial charge in [-0.1, -0.05) is 6.07 Å². The van der Waals surface area contributed by atoms with Gasteiger partial charge in [0, 0.05) is 56.1 Å². The Kier molecular flexibility index (Phi) is 6.54. The molecular weight excluding hydrogens is 354 g/mol. The maximum atomic E-state index is 11.9. The summed E-state index contributed by atoms with van der Waals surface area (Å²) in [6, 6.07) is 8.23. The van der Waals surface area contributed by atoms with Crippen LogP contribution in [0.4, 0.5) is 5.69 Å². The fourth-order valence-electron chi connectivity index (χ4n) is 3.70. The molecule has 2 aromatic rings. The number of carbonyl (C=O) groups is 2. The van der Waals surface area contributed by atoms with Crippen molar-refractivity contribution in [2.24, 2.45) is 0 Å². The van der Waals surface area contributed by atoms with Gasteiger partial charge in [0.25, 0.3) is 0 Å². The Morgan fingerprint density at radius 2 is 2.07 bits per heavy atom. The molecule has 1 aromatic carbocycles. The number of aliphatic hydroxyl groups is 1. The van der Waals surface area contributed by atoms with E-state index in [0.717, 1.165) is 35.1 Å². The van der Waals surface area contributed by atoms with E-state index in [1.54, 1.807) is 4.90 Å². The summed E-state index contributed by atoms with van der Waals surface area (Å²) in [5.74, 6) is 0.153. The molecule has 0 aliphatic carbocycles. The number of aromatic nitrogens is 1. The summed E-state index contributed by atoms with van der Waals surface area (Å²) in [5.41, 5.74) is 5.32. The van der Waals surface area contributed by atoms with E-state index in [0.29, 0.717) is 25.8 Å². The zero-order valence-corrected chi connectivity index (χ0v) is 16.5. The molecule has 0 fully saturated rings. The van der Waals surface area contributed by atoms with E-state index >= 15 is 0 Å². The molecule has 1 amide bonds. The first-order chi connectivity index (χ1) is 13.5. The second kappa shape index (κ2) is 9.08. The van der Waals surface area contributed by atoms with Crippen LogP contribution >= 0.6 is 0 Å².